The molecule has 1 aromatic carbocycles. The van der Waals surface area contributed by atoms with E-state index in [-0.39, 0.29) is 21.8 Å². The van der Waals surface area contributed by atoms with Crippen molar-refractivity contribution >= 4 is 26.8 Å². The van der Waals surface area contributed by atoms with E-state index in [4.69, 9.17) is 10.9 Å². The zero-order valence-corrected chi connectivity index (χ0v) is 12.9. The van der Waals surface area contributed by atoms with Crippen LogP contribution >= 0.6 is 0 Å². The molecule has 3 rings (SSSR count). The normalized spacial score (nSPS) is 11.6. The van der Waals surface area contributed by atoms with E-state index in [1.807, 2.05) is 0 Å². The number of hydrogen-bond donors (Lipinski definition) is 2. The number of aromatic nitrogens is 2. The van der Waals surface area contributed by atoms with Crippen molar-refractivity contribution in [3.8, 4) is 11.3 Å². The highest BCUT2D eigenvalue weighted by atomic mass is 32.2. The van der Waals surface area contributed by atoms with Gasteiger partial charge in [0.15, 0.2) is 5.03 Å². The van der Waals surface area contributed by atoms with Gasteiger partial charge >= 0.3 is 0 Å². The van der Waals surface area contributed by atoms with Crippen LogP contribution in [0.3, 0.4) is 0 Å². The van der Waals surface area contributed by atoms with E-state index in [9.17, 15) is 17.6 Å². The van der Waals surface area contributed by atoms with Crippen LogP contribution in [-0.4, -0.2) is 24.3 Å². The molecule has 2 heterocycles. The highest BCUT2D eigenvalue weighted by Gasteiger charge is 2.17. The number of carbonyl (C=O) groups is 1. The van der Waals surface area contributed by atoms with Crippen molar-refractivity contribution < 1.29 is 17.6 Å². The van der Waals surface area contributed by atoms with Gasteiger partial charge in [-0.15, -0.1) is 0 Å². The first-order valence-corrected chi connectivity index (χ1v) is 8.20. The third kappa shape index (κ3) is 2.94. The number of carbonyl (C=O) groups excluding carboxylic acids is 1. The van der Waals surface area contributed by atoms with E-state index in [2.05, 4.69) is 9.97 Å². The maximum atomic E-state index is 13.4. The van der Waals surface area contributed by atoms with Crippen molar-refractivity contribution in [3.05, 3.63) is 54.0 Å². The standard InChI is InChI=1S/C15H11FN4O3S/c16-10-2-1-8-5-11(15(17)21)14(20-12(8)7-10)9-3-4-19-13(6-9)24(18,22)23/h1-7H,(H2,17,21)(H2,18,22,23). The average molecular weight is 346 g/mol. The lowest BCUT2D eigenvalue weighted by Crippen LogP contribution is -2.15. The number of hydrogen-bond acceptors (Lipinski definition) is 5. The molecule has 0 unspecified atom stereocenters. The minimum Gasteiger partial charge on any atom is -0.366 e. The molecule has 2 aromatic heterocycles. The molecule has 3 aromatic rings. The van der Waals surface area contributed by atoms with Crippen molar-refractivity contribution in [2.75, 3.05) is 0 Å². The Labute approximate surface area is 136 Å². The molecule has 0 aliphatic carbocycles. The smallest absolute Gasteiger partial charge is 0.255 e. The van der Waals surface area contributed by atoms with Gasteiger partial charge in [0.25, 0.3) is 15.9 Å². The summed E-state index contributed by atoms with van der Waals surface area (Å²) in [4.78, 5) is 19.7. The molecule has 0 saturated carbocycles. The Hall–Kier alpha value is -2.91. The number of primary amides is 1. The number of rotatable bonds is 3. The van der Waals surface area contributed by atoms with Crippen LogP contribution in [0.5, 0.6) is 0 Å². The first-order valence-electron chi connectivity index (χ1n) is 6.65. The number of halogens is 1. The Balaban J connectivity index is 2.32. The van der Waals surface area contributed by atoms with Crippen molar-refractivity contribution in [3.63, 3.8) is 0 Å². The Morgan fingerprint density at radius 1 is 1.12 bits per heavy atom. The molecule has 0 spiro atoms. The Morgan fingerprint density at radius 2 is 1.88 bits per heavy atom. The molecular formula is C15H11FN4O3S. The maximum Gasteiger partial charge on any atom is 0.255 e. The molecule has 24 heavy (non-hydrogen) atoms. The summed E-state index contributed by atoms with van der Waals surface area (Å²) in [6.07, 6.45) is 1.22. The second-order valence-electron chi connectivity index (χ2n) is 5.01. The summed E-state index contributed by atoms with van der Waals surface area (Å²) in [5.74, 6) is -1.24. The van der Waals surface area contributed by atoms with Crippen LogP contribution in [-0.2, 0) is 10.0 Å². The number of amides is 1. The summed E-state index contributed by atoms with van der Waals surface area (Å²) >= 11 is 0. The molecule has 0 bridgehead atoms. The lowest BCUT2D eigenvalue weighted by molar-refractivity contribution is 0.100. The van der Waals surface area contributed by atoms with Gasteiger partial charge in [-0.25, -0.2) is 27.9 Å². The number of primary sulfonamides is 1. The Kier molecular flexibility index (Phi) is 3.74. The van der Waals surface area contributed by atoms with Crippen molar-refractivity contribution in [2.45, 2.75) is 5.03 Å². The fraction of sp³-hybridized carbons (Fsp3) is 0. The third-order valence-corrected chi connectivity index (χ3v) is 4.15. The highest BCUT2D eigenvalue weighted by Crippen LogP contribution is 2.26. The zero-order chi connectivity index (χ0) is 17.5. The number of nitrogens with zero attached hydrogens (tertiary/aromatic N) is 2. The van der Waals surface area contributed by atoms with Crippen LogP contribution in [0.25, 0.3) is 22.2 Å². The van der Waals surface area contributed by atoms with Crippen molar-refractivity contribution in [2.24, 2.45) is 10.9 Å². The minimum atomic E-state index is -4.03. The minimum absolute atomic E-state index is 0.0701. The fourth-order valence-corrected chi connectivity index (χ4v) is 2.76. The lowest BCUT2D eigenvalue weighted by atomic mass is 10.0. The van der Waals surface area contributed by atoms with Crippen LogP contribution in [0.15, 0.2) is 47.6 Å². The number of sulfonamides is 1. The van der Waals surface area contributed by atoms with E-state index in [0.29, 0.717) is 10.9 Å². The highest BCUT2D eigenvalue weighted by molar-refractivity contribution is 7.89. The van der Waals surface area contributed by atoms with Gasteiger partial charge in [-0.3, -0.25) is 4.79 Å². The Morgan fingerprint density at radius 3 is 2.54 bits per heavy atom. The predicted octanol–water partition coefficient (Wildman–Crippen LogP) is 1.18. The molecule has 0 aliphatic heterocycles. The summed E-state index contributed by atoms with van der Waals surface area (Å²) < 4.78 is 36.3. The van der Waals surface area contributed by atoms with Gasteiger partial charge in [0.1, 0.15) is 5.82 Å². The molecule has 0 fully saturated rings. The number of pyridine rings is 2. The van der Waals surface area contributed by atoms with Crippen molar-refractivity contribution in [1.82, 2.24) is 9.97 Å². The maximum absolute atomic E-state index is 13.4. The van der Waals surface area contributed by atoms with Crippen LogP contribution in [0, 0.1) is 5.82 Å². The topological polar surface area (TPSA) is 129 Å². The van der Waals surface area contributed by atoms with Gasteiger partial charge < -0.3 is 5.73 Å². The number of benzene rings is 1. The summed E-state index contributed by atoms with van der Waals surface area (Å²) in [5, 5.41) is 5.20. The molecule has 0 radical (unpaired) electrons. The van der Waals surface area contributed by atoms with Crippen LogP contribution in [0.2, 0.25) is 0 Å². The molecule has 7 nitrogen and oxygen atoms in total. The van der Waals surface area contributed by atoms with Gasteiger partial charge in [-0.1, -0.05) is 0 Å². The van der Waals surface area contributed by atoms with Gasteiger partial charge in [0.05, 0.1) is 16.8 Å². The van der Waals surface area contributed by atoms with Crippen LogP contribution < -0.4 is 10.9 Å². The van der Waals surface area contributed by atoms with E-state index < -0.39 is 21.7 Å². The van der Waals surface area contributed by atoms with E-state index >= 15 is 0 Å². The first-order chi connectivity index (χ1) is 11.3. The summed E-state index contributed by atoms with van der Waals surface area (Å²) in [7, 11) is -4.03. The molecule has 0 saturated heterocycles. The average Bonchev–Trinajstić information content (AvgIpc) is 2.52. The first kappa shape index (κ1) is 16.0. The second-order valence-corrected chi connectivity index (χ2v) is 6.52. The monoisotopic (exact) mass is 346 g/mol. The van der Waals surface area contributed by atoms with Crippen molar-refractivity contribution in [1.29, 1.82) is 0 Å². The lowest BCUT2D eigenvalue weighted by Gasteiger charge is -2.09. The summed E-state index contributed by atoms with van der Waals surface area (Å²) in [5.41, 5.74) is 6.14. The molecule has 9 heteroatoms. The van der Waals surface area contributed by atoms with Crippen LogP contribution in [0.4, 0.5) is 4.39 Å². The Bertz CT molecular complexity index is 1080. The predicted molar refractivity (Wildman–Crippen MR) is 84.8 cm³/mol. The molecule has 4 N–H and O–H groups in total. The number of nitrogens with two attached hydrogens (primary N) is 2. The van der Waals surface area contributed by atoms with Gasteiger partial charge in [-0.05, 0) is 30.3 Å². The molecular weight excluding hydrogens is 335 g/mol. The van der Waals surface area contributed by atoms with Gasteiger partial charge in [0, 0.05) is 23.2 Å². The quantitative estimate of drug-likeness (QED) is 0.736. The van der Waals surface area contributed by atoms with E-state index in [0.717, 1.165) is 0 Å². The SMILES string of the molecule is NC(=O)c1cc2ccc(F)cc2nc1-c1ccnc(S(N)(=O)=O)c1. The van der Waals surface area contributed by atoms with Gasteiger partial charge in [0.2, 0.25) is 0 Å². The van der Waals surface area contributed by atoms with Crippen LogP contribution in [0.1, 0.15) is 10.4 Å². The number of fused-ring (bicyclic) bond motifs is 1. The molecule has 0 aliphatic rings. The molecule has 1 amide bonds. The summed E-state index contributed by atoms with van der Waals surface area (Å²) in [6.45, 7) is 0. The largest absolute Gasteiger partial charge is 0.366 e. The zero-order valence-electron chi connectivity index (χ0n) is 12.1. The second kappa shape index (κ2) is 5.62. The van der Waals surface area contributed by atoms with Gasteiger partial charge in [-0.2, -0.15) is 0 Å². The third-order valence-electron chi connectivity index (χ3n) is 3.34. The van der Waals surface area contributed by atoms with E-state index in [1.165, 1.54) is 42.6 Å². The van der Waals surface area contributed by atoms with E-state index in [1.54, 1.807) is 0 Å². The molecule has 0 atom stereocenters. The fourth-order valence-electron chi connectivity index (χ4n) is 2.26. The molecule has 122 valence electrons. The summed E-state index contributed by atoms with van der Waals surface area (Å²) in [6, 6.07) is 8.00.